The standard InChI is InChI=1S/C9H12BrNS/c10-9-4-8(6-12-9)3-7-1-2-11-5-7/h4,6-7,11H,1-3,5H2. The lowest BCUT2D eigenvalue weighted by atomic mass is 10.0. The fourth-order valence-corrected chi connectivity index (χ4v) is 2.90. The Bertz CT molecular complexity index is 253. The van der Waals surface area contributed by atoms with Crippen molar-refractivity contribution in [3.8, 4) is 0 Å². The molecule has 1 nitrogen and oxygen atoms in total. The molecule has 1 fully saturated rings. The van der Waals surface area contributed by atoms with Crippen molar-refractivity contribution in [2.24, 2.45) is 5.92 Å². The summed E-state index contributed by atoms with van der Waals surface area (Å²) in [6.07, 6.45) is 2.59. The van der Waals surface area contributed by atoms with Gasteiger partial charge in [-0.1, -0.05) is 0 Å². The van der Waals surface area contributed by atoms with Crippen LogP contribution in [-0.4, -0.2) is 13.1 Å². The average molecular weight is 246 g/mol. The quantitative estimate of drug-likeness (QED) is 0.845. The van der Waals surface area contributed by atoms with E-state index in [0.29, 0.717) is 0 Å². The minimum Gasteiger partial charge on any atom is -0.316 e. The van der Waals surface area contributed by atoms with Gasteiger partial charge in [0.2, 0.25) is 0 Å². The van der Waals surface area contributed by atoms with Gasteiger partial charge in [-0.25, -0.2) is 0 Å². The van der Waals surface area contributed by atoms with Crippen LogP contribution < -0.4 is 5.32 Å². The average Bonchev–Trinajstić information content (AvgIpc) is 2.63. The first-order valence-electron chi connectivity index (χ1n) is 4.28. The van der Waals surface area contributed by atoms with Crippen LogP contribution in [0.15, 0.2) is 15.2 Å². The monoisotopic (exact) mass is 245 g/mol. The van der Waals surface area contributed by atoms with Gasteiger partial charge in [0, 0.05) is 0 Å². The van der Waals surface area contributed by atoms with Crippen molar-refractivity contribution >= 4 is 27.3 Å². The van der Waals surface area contributed by atoms with Crippen molar-refractivity contribution < 1.29 is 0 Å². The third-order valence-electron chi connectivity index (χ3n) is 2.31. The molecule has 0 spiro atoms. The molecule has 1 aliphatic rings. The summed E-state index contributed by atoms with van der Waals surface area (Å²) in [4.78, 5) is 0. The summed E-state index contributed by atoms with van der Waals surface area (Å²) < 4.78 is 1.25. The fourth-order valence-electron chi connectivity index (χ4n) is 1.67. The minimum atomic E-state index is 0.867. The lowest BCUT2D eigenvalue weighted by Gasteiger charge is -2.04. The van der Waals surface area contributed by atoms with Crippen molar-refractivity contribution in [3.05, 3.63) is 20.8 Å². The van der Waals surface area contributed by atoms with Gasteiger partial charge in [0.15, 0.2) is 0 Å². The Hall–Kier alpha value is 0.140. The first-order chi connectivity index (χ1) is 5.84. The molecule has 1 aliphatic heterocycles. The van der Waals surface area contributed by atoms with Crippen molar-refractivity contribution in [2.45, 2.75) is 12.8 Å². The van der Waals surface area contributed by atoms with E-state index in [2.05, 4.69) is 32.7 Å². The van der Waals surface area contributed by atoms with Gasteiger partial charge >= 0.3 is 0 Å². The van der Waals surface area contributed by atoms with E-state index >= 15 is 0 Å². The highest BCUT2D eigenvalue weighted by atomic mass is 79.9. The van der Waals surface area contributed by atoms with Gasteiger partial charge in [-0.3, -0.25) is 0 Å². The Kier molecular flexibility index (Phi) is 2.84. The van der Waals surface area contributed by atoms with Crippen LogP contribution in [0, 0.1) is 5.92 Å². The van der Waals surface area contributed by atoms with Gasteiger partial charge in [-0.2, -0.15) is 0 Å². The molecule has 1 N–H and O–H groups in total. The summed E-state index contributed by atoms with van der Waals surface area (Å²) >= 11 is 5.27. The summed E-state index contributed by atoms with van der Waals surface area (Å²) in [6, 6.07) is 2.24. The number of halogens is 1. The Balaban J connectivity index is 1.94. The minimum absolute atomic E-state index is 0.867. The van der Waals surface area contributed by atoms with E-state index in [4.69, 9.17) is 0 Å². The molecule has 0 bridgehead atoms. The van der Waals surface area contributed by atoms with Crippen molar-refractivity contribution in [3.63, 3.8) is 0 Å². The highest BCUT2D eigenvalue weighted by molar-refractivity contribution is 9.11. The molecule has 1 aromatic heterocycles. The zero-order valence-corrected chi connectivity index (χ0v) is 9.25. The van der Waals surface area contributed by atoms with E-state index in [1.165, 1.54) is 35.3 Å². The molecule has 12 heavy (non-hydrogen) atoms. The Morgan fingerprint density at radius 1 is 1.67 bits per heavy atom. The van der Waals surface area contributed by atoms with Crippen LogP contribution in [-0.2, 0) is 6.42 Å². The van der Waals surface area contributed by atoms with Gasteiger partial charge < -0.3 is 5.32 Å². The van der Waals surface area contributed by atoms with Gasteiger partial charge in [0.1, 0.15) is 0 Å². The smallest absolute Gasteiger partial charge is 0.0701 e. The largest absolute Gasteiger partial charge is 0.316 e. The molecular formula is C9H12BrNS. The zero-order chi connectivity index (χ0) is 8.39. The molecule has 1 saturated heterocycles. The highest BCUT2D eigenvalue weighted by Gasteiger charge is 2.14. The van der Waals surface area contributed by atoms with Crippen LogP contribution >= 0.6 is 27.3 Å². The van der Waals surface area contributed by atoms with Crippen molar-refractivity contribution in [1.82, 2.24) is 5.32 Å². The van der Waals surface area contributed by atoms with Gasteiger partial charge in [0.05, 0.1) is 3.79 Å². The normalized spacial score (nSPS) is 23.2. The number of hydrogen-bond acceptors (Lipinski definition) is 2. The molecule has 2 heterocycles. The molecule has 0 aromatic carbocycles. The third-order valence-corrected chi connectivity index (χ3v) is 3.86. The van der Waals surface area contributed by atoms with Gasteiger partial charge in [-0.05, 0) is 64.8 Å². The van der Waals surface area contributed by atoms with E-state index in [-0.39, 0.29) is 0 Å². The summed E-state index contributed by atoms with van der Waals surface area (Å²) in [7, 11) is 0. The van der Waals surface area contributed by atoms with E-state index in [0.717, 1.165) is 5.92 Å². The predicted octanol–water partition coefficient (Wildman–Crippen LogP) is 2.66. The first-order valence-corrected chi connectivity index (χ1v) is 5.95. The van der Waals surface area contributed by atoms with Crippen LogP contribution in [0.25, 0.3) is 0 Å². The maximum Gasteiger partial charge on any atom is 0.0701 e. The van der Waals surface area contributed by atoms with Gasteiger partial charge in [-0.15, -0.1) is 11.3 Å². The maximum atomic E-state index is 3.48. The number of thiophene rings is 1. The molecule has 3 heteroatoms. The molecule has 1 atom stereocenters. The van der Waals surface area contributed by atoms with E-state index in [9.17, 15) is 0 Å². The van der Waals surface area contributed by atoms with Gasteiger partial charge in [0.25, 0.3) is 0 Å². The van der Waals surface area contributed by atoms with Crippen LogP contribution in [0.4, 0.5) is 0 Å². The molecular weight excluding hydrogens is 234 g/mol. The molecule has 1 unspecified atom stereocenters. The van der Waals surface area contributed by atoms with Crippen LogP contribution in [0.5, 0.6) is 0 Å². The SMILES string of the molecule is Brc1cc(CC2CCNC2)cs1. The Labute approximate surface area is 85.3 Å². The predicted molar refractivity (Wildman–Crippen MR) is 56.7 cm³/mol. The Morgan fingerprint density at radius 2 is 2.58 bits per heavy atom. The lowest BCUT2D eigenvalue weighted by Crippen LogP contribution is -2.10. The number of rotatable bonds is 2. The summed E-state index contributed by atoms with van der Waals surface area (Å²) in [5, 5.41) is 5.64. The molecule has 66 valence electrons. The molecule has 0 aliphatic carbocycles. The summed E-state index contributed by atoms with van der Waals surface area (Å²) in [5.41, 5.74) is 1.49. The highest BCUT2D eigenvalue weighted by Crippen LogP contribution is 2.24. The number of nitrogens with one attached hydrogen (secondary N) is 1. The first kappa shape index (κ1) is 8.73. The van der Waals surface area contributed by atoms with Crippen LogP contribution in [0.2, 0.25) is 0 Å². The maximum absolute atomic E-state index is 3.48. The third kappa shape index (κ3) is 2.09. The second kappa shape index (κ2) is 3.90. The summed E-state index contributed by atoms with van der Waals surface area (Å²) in [5.74, 6) is 0.867. The molecule has 0 saturated carbocycles. The summed E-state index contributed by atoms with van der Waals surface area (Å²) in [6.45, 7) is 2.41. The van der Waals surface area contributed by atoms with Crippen LogP contribution in [0.1, 0.15) is 12.0 Å². The molecule has 1 aromatic rings. The fraction of sp³-hybridized carbons (Fsp3) is 0.556. The second-order valence-electron chi connectivity index (χ2n) is 3.32. The van der Waals surface area contributed by atoms with Crippen LogP contribution in [0.3, 0.4) is 0 Å². The van der Waals surface area contributed by atoms with Crippen molar-refractivity contribution in [2.75, 3.05) is 13.1 Å². The van der Waals surface area contributed by atoms with E-state index < -0.39 is 0 Å². The Morgan fingerprint density at radius 3 is 3.17 bits per heavy atom. The van der Waals surface area contributed by atoms with E-state index in [1.54, 1.807) is 11.3 Å². The molecule has 0 radical (unpaired) electrons. The van der Waals surface area contributed by atoms with Crippen molar-refractivity contribution in [1.29, 1.82) is 0 Å². The lowest BCUT2D eigenvalue weighted by molar-refractivity contribution is 0.581. The zero-order valence-electron chi connectivity index (χ0n) is 6.85. The van der Waals surface area contributed by atoms with E-state index in [1.807, 2.05) is 0 Å². The molecule has 0 amide bonds. The second-order valence-corrected chi connectivity index (χ2v) is 5.61. The topological polar surface area (TPSA) is 12.0 Å². The number of hydrogen-bond donors (Lipinski definition) is 1. The molecule has 2 rings (SSSR count).